The molecule has 0 radical (unpaired) electrons. The minimum absolute atomic E-state index is 0.0728. The Bertz CT molecular complexity index is 450. The van der Waals surface area contributed by atoms with E-state index in [-0.39, 0.29) is 11.9 Å². The fourth-order valence-corrected chi connectivity index (χ4v) is 3.19. The zero-order chi connectivity index (χ0) is 14.9. The van der Waals surface area contributed by atoms with Crippen molar-refractivity contribution in [2.24, 2.45) is 0 Å². The minimum atomic E-state index is -0.0728. The Balaban J connectivity index is 1.64. The van der Waals surface area contributed by atoms with Gasteiger partial charge in [0.25, 0.3) is 0 Å². The average Bonchev–Trinajstić information content (AvgIpc) is 2.53. The maximum atomic E-state index is 12.2. The number of carbonyl (C=O) groups is 1. The van der Waals surface area contributed by atoms with E-state index < -0.39 is 0 Å². The number of thioether (sulfide) groups is 1. The number of fused-ring (bicyclic) bond motifs is 1. The molecule has 0 saturated carbocycles. The number of hydrogen-bond acceptors (Lipinski definition) is 3. The highest BCUT2D eigenvalue weighted by atomic mass is 32.2. The zero-order valence-electron chi connectivity index (χ0n) is 12.9. The first-order chi connectivity index (χ1) is 10.3. The Morgan fingerprint density at radius 2 is 2.00 bits per heavy atom. The highest BCUT2D eigenvalue weighted by Gasteiger charge is 2.23. The standard InChI is InChI=1S/C17H26N2OS/c1-21-11-7-3-2-6-10-18-17(20)16-12-14-8-4-5-9-15(14)13-19-16/h4-5,8-9,16,19H,2-3,6-7,10-13H2,1H3,(H,18,20)/t16-/m1/s1. The van der Waals surface area contributed by atoms with Gasteiger partial charge in [-0.2, -0.15) is 11.8 Å². The van der Waals surface area contributed by atoms with Gasteiger partial charge in [0.2, 0.25) is 5.91 Å². The van der Waals surface area contributed by atoms with Crippen molar-refractivity contribution < 1.29 is 4.79 Å². The van der Waals surface area contributed by atoms with Gasteiger partial charge in [0.05, 0.1) is 6.04 Å². The van der Waals surface area contributed by atoms with Crippen LogP contribution in [-0.4, -0.2) is 30.5 Å². The highest BCUT2D eigenvalue weighted by molar-refractivity contribution is 7.98. The summed E-state index contributed by atoms with van der Waals surface area (Å²) in [5.41, 5.74) is 2.61. The third kappa shape index (κ3) is 5.36. The van der Waals surface area contributed by atoms with Gasteiger partial charge in [0.1, 0.15) is 0 Å². The molecule has 2 N–H and O–H groups in total. The third-order valence-electron chi connectivity index (χ3n) is 3.97. The van der Waals surface area contributed by atoms with Gasteiger partial charge in [-0.3, -0.25) is 4.79 Å². The second-order valence-corrected chi connectivity index (χ2v) is 6.59. The van der Waals surface area contributed by atoms with Gasteiger partial charge in [-0.25, -0.2) is 0 Å². The number of unbranched alkanes of at least 4 members (excludes halogenated alkanes) is 3. The van der Waals surface area contributed by atoms with Crippen molar-refractivity contribution in [2.75, 3.05) is 18.6 Å². The van der Waals surface area contributed by atoms with E-state index in [0.717, 1.165) is 25.9 Å². The van der Waals surface area contributed by atoms with Crippen LogP contribution >= 0.6 is 11.8 Å². The number of benzene rings is 1. The van der Waals surface area contributed by atoms with E-state index in [0.29, 0.717) is 0 Å². The molecule has 0 aliphatic carbocycles. The SMILES string of the molecule is CSCCCCCCNC(=O)[C@H]1Cc2ccccc2CN1. The molecular formula is C17H26N2OS. The number of amides is 1. The van der Waals surface area contributed by atoms with Crippen LogP contribution in [0.25, 0.3) is 0 Å². The predicted octanol–water partition coefficient (Wildman–Crippen LogP) is 2.74. The molecule has 4 heteroatoms. The van der Waals surface area contributed by atoms with Crippen LogP contribution in [0.3, 0.4) is 0 Å². The third-order valence-corrected chi connectivity index (χ3v) is 4.67. The van der Waals surface area contributed by atoms with Crippen molar-refractivity contribution >= 4 is 17.7 Å². The van der Waals surface area contributed by atoms with Crippen LogP contribution in [0.1, 0.15) is 36.8 Å². The predicted molar refractivity (Wildman–Crippen MR) is 90.6 cm³/mol. The highest BCUT2D eigenvalue weighted by Crippen LogP contribution is 2.16. The number of hydrogen-bond donors (Lipinski definition) is 2. The van der Waals surface area contributed by atoms with Crippen molar-refractivity contribution in [3.63, 3.8) is 0 Å². The van der Waals surface area contributed by atoms with Crippen molar-refractivity contribution in [1.29, 1.82) is 0 Å². The summed E-state index contributed by atoms with van der Waals surface area (Å²) in [6.07, 6.45) is 7.80. The van der Waals surface area contributed by atoms with Crippen LogP contribution in [0.5, 0.6) is 0 Å². The fourth-order valence-electron chi connectivity index (χ4n) is 2.70. The molecule has 1 heterocycles. The zero-order valence-corrected chi connectivity index (χ0v) is 13.7. The van der Waals surface area contributed by atoms with Gasteiger partial charge in [-0.05, 0) is 42.4 Å². The van der Waals surface area contributed by atoms with Crippen LogP contribution in [-0.2, 0) is 17.8 Å². The maximum absolute atomic E-state index is 12.2. The van der Waals surface area contributed by atoms with Crippen LogP contribution in [0.2, 0.25) is 0 Å². The second-order valence-electron chi connectivity index (χ2n) is 5.60. The molecule has 1 amide bonds. The first kappa shape index (κ1) is 16.4. The maximum Gasteiger partial charge on any atom is 0.237 e. The Morgan fingerprint density at radius 1 is 1.24 bits per heavy atom. The molecule has 3 nitrogen and oxygen atoms in total. The lowest BCUT2D eigenvalue weighted by atomic mass is 9.95. The summed E-state index contributed by atoms with van der Waals surface area (Å²) in [5.74, 6) is 1.39. The molecule has 116 valence electrons. The number of nitrogens with one attached hydrogen (secondary N) is 2. The summed E-state index contributed by atoms with van der Waals surface area (Å²) < 4.78 is 0. The summed E-state index contributed by atoms with van der Waals surface area (Å²) in [5, 5.41) is 6.40. The number of carbonyl (C=O) groups excluding carboxylic acids is 1. The van der Waals surface area contributed by atoms with Crippen molar-refractivity contribution in [1.82, 2.24) is 10.6 Å². The quantitative estimate of drug-likeness (QED) is 0.726. The van der Waals surface area contributed by atoms with Crippen molar-refractivity contribution in [2.45, 2.75) is 44.7 Å². The summed E-state index contributed by atoms with van der Waals surface area (Å²) in [6.45, 7) is 1.60. The number of rotatable bonds is 8. The molecule has 1 aromatic carbocycles. The van der Waals surface area contributed by atoms with Crippen molar-refractivity contribution in [3.8, 4) is 0 Å². The molecular weight excluding hydrogens is 280 g/mol. The van der Waals surface area contributed by atoms with E-state index in [1.807, 2.05) is 17.8 Å². The summed E-state index contributed by atoms with van der Waals surface area (Å²) in [6, 6.07) is 8.29. The average molecular weight is 306 g/mol. The smallest absolute Gasteiger partial charge is 0.237 e. The monoisotopic (exact) mass is 306 g/mol. The Labute approximate surface area is 132 Å². The van der Waals surface area contributed by atoms with Crippen molar-refractivity contribution in [3.05, 3.63) is 35.4 Å². The second kappa shape index (κ2) is 9.11. The Hall–Kier alpha value is -1.00. The van der Waals surface area contributed by atoms with Crippen LogP contribution < -0.4 is 10.6 Å². The van der Waals surface area contributed by atoms with Crippen LogP contribution in [0.4, 0.5) is 0 Å². The summed E-state index contributed by atoms with van der Waals surface area (Å²) >= 11 is 1.91. The van der Waals surface area contributed by atoms with Gasteiger partial charge < -0.3 is 10.6 Å². The van der Waals surface area contributed by atoms with Gasteiger partial charge in [-0.1, -0.05) is 37.1 Å². The van der Waals surface area contributed by atoms with E-state index in [9.17, 15) is 4.79 Å². The molecule has 1 atom stereocenters. The molecule has 0 fully saturated rings. The molecule has 1 aromatic rings. The first-order valence-electron chi connectivity index (χ1n) is 7.88. The van der Waals surface area contributed by atoms with Crippen LogP contribution in [0, 0.1) is 0 Å². The van der Waals surface area contributed by atoms with Gasteiger partial charge in [0.15, 0.2) is 0 Å². The molecule has 2 rings (SSSR count). The lowest BCUT2D eigenvalue weighted by molar-refractivity contribution is -0.123. The molecule has 0 unspecified atom stereocenters. The fraction of sp³-hybridized carbons (Fsp3) is 0.588. The molecule has 0 bridgehead atoms. The Morgan fingerprint density at radius 3 is 2.81 bits per heavy atom. The normalized spacial score (nSPS) is 17.3. The minimum Gasteiger partial charge on any atom is -0.355 e. The van der Waals surface area contributed by atoms with E-state index in [1.54, 1.807) is 0 Å². The summed E-state index contributed by atoms with van der Waals surface area (Å²) in [7, 11) is 0. The van der Waals surface area contributed by atoms with Gasteiger partial charge in [0, 0.05) is 13.1 Å². The van der Waals surface area contributed by atoms with E-state index >= 15 is 0 Å². The summed E-state index contributed by atoms with van der Waals surface area (Å²) in [4.78, 5) is 12.2. The van der Waals surface area contributed by atoms with E-state index in [2.05, 4.69) is 35.1 Å². The topological polar surface area (TPSA) is 41.1 Å². The van der Waals surface area contributed by atoms with E-state index in [4.69, 9.17) is 0 Å². The molecule has 21 heavy (non-hydrogen) atoms. The largest absolute Gasteiger partial charge is 0.355 e. The molecule has 1 aliphatic heterocycles. The van der Waals surface area contributed by atoms with E-state index in [1.165, 1.54) is 36.1 Å². The van der Waals surface area contributed by atoms with Gasteiger partial charge >= 0.3 is 0 Å². The molecule has 0 aromatic heterocycles. The molecule has 0 saturated heterocycles. The first-order valence-corrected chi connectivity index (χ1v) is 9.27. The molecule has 1 aliphatic rings. The Kier molecular flexibility index (Phi) is 7.10. The molecule has 0 spiro atoms. The van der Waals surface area contributed by atoms with Crippen LogP contribution in [0.15, 0.2) is 24.3 Å². The lowest BCUT2D eigenvalue weighted by Gasteiger charge is -2.25. The lowest BCUT2D eigenvalue weighted by Crippen LogP contribution is -2.47. The van der Waals surface area contributed by atoms with Gasteiger partial charge in [-0.15, -0.1) is 0 Å².